The Labute approximate surface area is 126 Å². The summed E-state index contributed by atoms with van der Waals surface area (Å²) in [6.45, 7) is 0.502. The van der Waals surface area contributed by atoms with E-state index in [0.717, 1.165) is 16.6 Å². The topological polar surface area (TPSA) is 92.4 Å². The lowest BCUT2D eigenvalue weighted by atomic mass is 10.3. The number of aliphatic hydroxyl groups is 1. The maximum absolute atomic E-state index is 12.0. The Balaban J connectivity index is 2.52. The van der Waals surface area contributed by atoms with E-state index in [9.17, 15) is 8.42 Å². The summed E-state index contributed by atoms with van der Waals surface area (Å²) in [6.07, 6.45) is 0.719. The summed E-state index contributed by atoms with van der Waals surface area (Å²) in [7, 11) is -3.56. The van der Waals surface area contributed by atoms with Gasteiger partial charge in [0.05, 0.1) is 5.69 Å². The number of nitrogens with two attached hydrogens (primary N) is 1. The van der Waals surface area contributed by atoms with Gasteiger partial charge in [0.2, 0.25) is 10.0 Å². The number of nitrogens with one attached hydrogen (secondary N) is 1. The second-order valence-electron chi connectivity index (χ2n) is 3.77. The van der Waals surface area contributed by atoms with E-state index in [1.165, 1.54) is 6.07 Å². The van der Waals surface area contributed by atoms with Gasteiger partial charge in [0, 0.05) is 23.4 Å². The average Bonchev–Trinajstić information content (AvgIpc) is 2.33. The number of rotatable bonds is 8. The highest BCUT2D eigenvalue weighted by Gasteiger charge is 2.16. The fraction of sp³-hybridized carbons (Fsp3) is 0.455. The summed E-state index contributed by atoms with van der Waals surface area (Å²) in [5.41, 5.74) is 5.91. The highest BCUT2D eigenvalue weighted by atomic mass is 79.9. The van der Waals surface area contributed by atoms with E-state index in [-0.39, 0.29) is 17.2 Å². The predicted molar refractivity (Wildman–Crippen MR) is 82.8 cm³/mol. The lowest BCUT2D eigenvalue weighted by Crippen LogP contribution is -2.26. The molecule has 108 valence electrons. The van der Waals surface area contributed by atoms with E-state index in [1.54, 1.807) is 23.9 Å². The first kappa shape index (κ1) is 16.8. The molecule has 19 heavy (non-hydrogen) atoms. The van der Waals surface area contributed by atoms with Gasteiger partial charge in [-0.1, -0.05) is 15.9 Å². The molecule has 1 aromatic rings. The van der Waals surface area contributed by atoms with Gasteiger partial charge in [-0.25, -0.2) is 13.1 Å². The van der Waals surface area contributed by atoms with E-state index < -0.39 is 10.0 Å². The van der Waals surface area contributed by atoms with Crippen molar-refractivity contribution in [3.8, 4) is 0 Å². The number of benzene rings is 1. The quantitative estimate of drug-likeness (QED) is 0.476. The van der Waals surface area contributed by atoms with Crippen molar-refractivity contribution in [1.29, 1.82) is 0 Å². The average molecular weight is 369 g/mol. The Bertz CT molecular complexity index is 509. The standard InChI is InChI=1S/C11H17BrN2O3S2/c12-9-2-3-11(10(13)8-9)19(16,17)14-4-7-18-6-1-5-15/h2-3,8,14-15H,1,4-7,13H2. The molecule has 0 bridgehead atoms. The molecular formula is C11H17BrN2O3S2. The van der Waals surface area contributed by atoms with Gasteiger partial charge in [-0.15, -0.1) is 0 Å². The number of aliphatic hydroxyl groups excluding tert-OH is 1. The third kappa shape index (κ3) is 5.70. The Hall–Kier alpha value is -0.280. The molecule has 0 atom stereocenters. The maximum atomic E-state index is 12.0. The largest absolute Gasteiger partial charge is 0.398 e. The van der Waals surface area contributed by atoms with Crippen molar-refractivity contribution in [2.45, 2.75) is 11.3 Å². The number of hydrogen-bond acceptors (Lipinski definition) is 5. The Morgan fingerprint density at radius 1 is 1.37 bits per heavy atom. The highest BCUT2D eigenvalue weighted by molar-refractivity contribution is 9.10. The zero-order chi connectivity index (χ0) is 14.3. The smallest absolute Gasteiger partial charge is 0.242 e. The molecule has 4 N–H and O–H groups in total. The SMILES string of the molecule is Nc1cc(Br)ccc1S(=O)(=O)NCCSCCCO. The van der Waals surface area contributed by atoms with Crippen LogP contribution in [0.2, 0.25) is 0 Å². The van der Waals surface area contributed by atoms with Gasteiger partial charge in [0.1, 0.15) is 4.90 Å². The van der Waals surface area contributed by atoms with Crippen LogP contribution in [0.4, 0.5) is 5.69 Å². The normalized spacial score (nSPS) is 11.7. The summed E-state index contributed by atoms with van der Waals surface area (Å²) in [5, 5.41) is 8.61. The van der Waals surface area contributed by atoms with Crippen molar-refractivity contribution < 1.29 is 13.5 Å². The minimum absolute atomic E-state index is 0.0936. The van der Waals surface area contributed by atoms with Crippen LogP contribution >= 0.6 is 27.7 Å². The van der Waals surface area contributed by atoms with E-state index in [2.05, 4.69) is 20.7 Å². The fourth-order valence-electron chi connectivity index (χ4n) is 1.36. The molecule has 0 aliphatic rings. The first-order chi connectivity index (χ1) is 8.97. The minimum atomic E-state index is -3.56. The number of nitrogen functional groups attached to an aromatic ring is 1. The zero-order valence-corrected chi connectivity index (χ0v) is 13.5. The molecule has 0 aliphatic heterocycles. The summed E-state index contributed by atoms with van der Waals surface area (Å²) in [6, 6.07) is 4.67. The molecule has 0 aromatic heterocycles. The maximum Gasteiger partial charge on any atom is 0.242 e. The fourth-order valence-corrected chi connectivity index (χ4v) is 3.79. The first-order valence-electron chi connectivity index (χ1n) is 5.70. The highest BCUT2D eigenvalue weighted by Crippen LogP contribution is 2.22. The van der Waals surface area contributed by atoms with Crippen molar-refractivity contribution >= 4 is 43.4 Å². The van der Waals surface area contributed by atoms with E-state index >= 15 is 0 Å². The van der Waals surface area contributed by atoms with E-state index in [1.807, 2.05) is 0 Å². The van der Waals surface area contributed by atoms with Crippen molar-refractivity contribution in [2.24, 2.45) is 0 Å². The third-order valence-electron chi connectivity index (χ3n) is 2.25. The molecule has 0 saturated heterocycles. The molecule has 8 heteroatoms. The second kappa shape index (κ2) is 8.11. The molecule has 0 aliphatic carbocycles. The number of sulfonamides is 1. The molecule has 0 amide bonds. The molecule has 0 heterocycles. The van der Waals surface area contributed by atoms with Gasteiger partial charge >= 0.3 is 0 Å². The van der Waals surface area contributed by atoms with Gasteiger partial charge in [0.15, 0.2) is 0 Å². The van der Waals surface area contributed by atoms with Gasteiger partial charge in [-0.2, -0.15) is 11.8 Å². The molecule has 0 spiro atoms. The van der Waals surface area contributed by atoms with Crippen LogP contribution in [-0.4, -0.2) is 38.2 Å². The molecule has 0 fully saturated rings. The molecule has 5 nitrogen and oxygen atoms in total. The molecule has 1 rings (SSSR count). The van der Waals surface area contributed by atoms with Crippen LogP contribution in [0.15, 0.2) is 27.6 Å². The molecule has 0 unspecified atom stereocenters. The predicted octanol–water partition coefficient (Wildman–Crippen LogP) is 1.43. The zero-order valence-electron chi connectivity index (χ0n) is 10.3. The van der Waals surface area contributed by atoms with Gasteiger partial charge in [-0.05, 0) is 30.4 Å². The number of halogens is 1. The van der Waals surface area contributed by atoms with Crippen LogP contribution < -0.4 is 10.5 Å². The van der Waals surface area contributed by atoms with Crippen LogP contribution in [0.1, 0.15) is 6.42 Å². The van der Waals surface area contributed by atoms with Gasteiger partial charge < -0.3 is 10.8 Å². The lowest BCUT2D eigenvalue weighted by molar-refractivity contribution is 0.296. The number of anilines is 1. The molecule has 0 radical (unpaired) electrons. The monoisotopic (exact) mass is 368 g/mol. The van der Waals surface area contributed by atoms with Crippen LogP contribution in [0, 0.1) is 0 Å². The molecule has 1 aromatic carbocycles. The summed E-state index contributed by atoms with van der Waals surface area (Å²) < 4.78 is 27.2. The van der Waals surface area contributed by atoms with Crippen molar-refractivity contribution in [1.82, 2.24) is 4.72 Å². The third-order valence-corrected chi connectivity index (χ3v) is 5.35. The van der Waals surface area contributed by atoms with Crippen molar-refractivity contribution in [3.63, 3.8) is 0 Å². The van der Waals surface area contributed by atoms with Crippen LogP contribution in [0.3, 0.4) is 0 Å². The number of hydrogen-bond donors (Lipinski definition) is 3. The summed E-state index contributed by atoms with van der Waals surface area (Å²) in [5.74, 6) is 1.48. The Morgan fingerprint density at radius 2 is 2.11 bits per heavy atom. The van der Waals surface area contributed by atoms with Crippen molar-refractivity contribution in [2.75, 3.05) is 30.4 Å². The molecular weight excluding hydrogens is 352 g/mol. The van der Waals surface area contributed by atoms with Gasteiger partial charge in [-0.3, -0.25) is 0 Å². The minimum Gasteiger partial charge on any atom is -0.398 e. The Kier molecular flexibility index (Phi) is 7.16. The molecule has 0 saturated carbocycles. The van der Waals surface area contributed by atoms with Crippen LogP contribution in [-0.2, 0) is 10.0 Å². The lowest BCUT2D eigenvalue weighted by Gasteiger charge is -2.09. The van der Waals surface area contributed by atoms with Crippen LogP contribution in [0.25, 0.3) is 0 Å². The number of thioether (sulfide) groups is 1. The van der Waals surface area contributed by atoms with Gasteiger partial charge in [0.25, 0.3) is 0 Å². The van der Waals surface area contributed by atoms with E-state index in [4.69, 9.17) is 10.8 Å². The summed E-state index contributed by atoms with van der Waals surface area (Å²) in [4.78, 5) is 0.0936. The van der Waals surface area contributed by atoms with Crippen LogP contribution in [0.5, 0.6) is 0 Å². The Morgan fingerprint density at radius 3 is 2.74 bits per heavy atom. The first-order valence-corrected chi connectivity index (χ1v) is 9.14. The van der Waals surface area contributed by atoms with Crippen molar-refractivity contribution in [3.05, 3.63) is 22.7 Å². The van der Waals surface area contributed by atoms with E-state index in [0.29, 0.717) is 12.3 Å². The summed E-state index contributed by atoms with van der Waals surface area (Å²) >= 11 is 4.83. The second-order valence-corrected chi connectivity index (χ2v) is 7.65.